The van der Waals surface area contributed by atoms with E-state index < -0.39 is 24.2 Å². The lowest BCUT2D eigenvalue weighted by Crippen LogP contribution is -2.49. The van der Waals surface area contributed by atoms with Crippen molar-refractivity contribution in [2.24, 2.45) is 5.92 Å². The number of benzene rings is 1. The van der Waals surface area contributed by atoms with Gasteiger partial charge in [0.2, 0.25) is 11.8 Å². The molecule has 1 aliphatic carbocycles. The molecule has 1 fully saturated rings. The number of nitrogens with one attached hydrogen (secondary N) is 1. The molecule has 0 aromatic heterocycles. The Hall–Kier alpha value is -3.37. The first-order chi connectivity index (χ1) is 20.6. The first kappa shape index (κ1) is 35.8. The number of rotatable bonds is 15. The van der Waals surface area contributed by atoms with Gasteiger partial charge in [-0.15, -0.1) is 5.92 Å². The lowest BCUT2D eigenvalue weighted by atomic mass is 9.83. The highest BCUT2D eigenvalue weighted by Gasteiger charge is 2.29. The topological polar surface area (TPSA) is 113 Å². The van der Waals surface area contributed by atoms with Crippen molar-refractivity contribution < 1.29 is 24.6 Å². The molecule has 0 bridgehead atoms. The van der Waals surface area contributed by atoms with E-state index in [1.807, 2.05) is 49.3 Å². The summed E-state index contributed by atoms with van der Waals surface area (Å²) in [6.45, 7) is 3.61. The van der Waals surface area contributed by atoms with Crippen LogP contribution >= 0.6 is 0 Å². The van der Waals surface area contributed by atoms with E-state index in [9.17, 15) is 24.6 Å². The number of hydrogen-bond donors (Lipinski definition) is 3. The van der Waals surface area contributed by atoms with Crippen LogP contribution in [0.25, 0.3) is 0 Å². The molecule has 1 aromatic rings. The van der Waals surface area contributed by atoms with Gasteiger partial charge >= 0.3 is 0 Å². The maximum absolute atomic E-state index is 13.2. The normalized spacial score (nSPS) is 15.2. The van der Waals surface area contributed by atoms with Gasteiger partial charge in [-0.1, -0.05) is 74.3 Å². The van der Waals surface area contributed by atoms with Crippen molar-refractivity contribution in [2.75, 3.05) is 40.8 Å². The molecule has 3 N–H and O–H groups in total. The van der Waals surface area contributed by atoms with Gasteiger partial charge in [-0.25, -0.2) is 0 Å². The summed E-state index contributed by atoms with van der Waals surface area (Å²) in [4.78, 5) is 43.8. The second kappa shape index (κ2) is 19.7. The van der Waals surface area contributed by atoms with Crippen LogP contribution in [0.2, 0.25) is 0 Å². The van der Waals surface area contributed by atoms with E-state index in [4.69, 9.17) is 0 Å². The summed E-state index contributed by atoms with van der Waals surface area (Å²) < 4.78 is 0. The van der Waals surface area contributed by atoms with E-state index in [1.165, 1.54) is 6.42 Å². The fraction of sp³-hybridized carbons (Fsp3) is 0.618. The van der Waals surface area contributed by atoms with Crippen molar-refractivity contribution >= 4 is 17.7 Å². The average Bonchev–Trinajstić information content (AvgIpc) is 3.00. The van der Waals surface area contributed by atoms with Gasteiger partial charge in [0.05, 0.1) is 6.04 Å². The summed E-state index contributed by atoms with van der Waals surface area (Å²) in [6, 6.07) is 8.95. The number of amides is 3. The van der Waals surface area contributed by atoms with Crippen molar-refractivity contribution in [3.63, 3.8) is 0 Å². The van der Waals surface area contributed by atoms with Gasteiger partial charge in [0.15, 0.2) is 0 Å². The van der Waals surface area contributed by atoms with Gasteiger partial charge in [0.1, 0.15) is 12.2 Å². The van der Waals surface area contributed by atoms with Crippen molar-refractivity contribution in [3.8, 4) is 23.7 Å². The molecule has 1 saturated carbocycles. The Balaban J connectivity index is 2.00. The van der Waals surface area contributed by atoms with Gasteiger partial charge in [-0.2, -0.15) is 0 Å². The Labute approximate surface area is 258 Å². The quantitative estimate of drug-likeness (QED) is 0.269. The summed E-state index contributed by atoms with van der Waals surface area (Å²) in [5.41, 5.74) is 0.962. The second-order valence-corrected chi connectivity index (χ2v) is 11.6. The molecule has 9 nitrogen and oxygen atoms in total. The molecule has 43 heavy (non-hydrogen) atoms. The predicted octanol–water partition coefficient (Wildman–Crippen LogP) is 2.41. The van der Waals surface area contributed by atoms with E-state index in [2.05, 4.69) is 29.0 Å². The number of hydrogen-bond acceptors (Lipinski definition) is 6. The van der Waals surface area contributed by atoms with Gasteiger partial charge in [-0.3, -0.25) is 14.4 Å². The number of carbonyl (C=O) groups excluding carboxylic acids is 3. The summed E-state index contributed by atoms with van der Waals surface area (Å²) in [6.07, 6.45) is 4.06. The number of likely N-dealkylation sites (N-methyl/N-ethyl adjacent to an activating group) is 2. The van der Waals surface area contributed by atoms with Gasteiger partial charge < -0.3 is 30.2 Å². The number of nitrogens with zero attached hydrogens (tertiary/aromatic N) is 3. The summed E-state index contributed by atoms with van der Waals surface area (Å²) in [5.74, 6) is 10.2. The Morgan fingerprint density at radius 3 is 2.28 bits per heavy atom. The molecule has 3 amide bonds. The Morgan fingerprint density at radius 2 is 1.63 bits per heavy atom. The van der Waals surface area contributed by atoms with E-state index in [0.29, 0.717) is 32.0 Å². The highest BCUT2D eigenvalue weighted by Crippen LogP contribution is 2.28. The average molecular weight is 595 g/mol. The van der Waals surface area contributed by atoms with Crippen LogP contribution in [0.15, 0.2) is 30.3 Å². The molecular weight excluding hydrogens is 544 g/mol. The Morgan fingerprint density at radius 1 is 0.953 bits per heavy atom. The summed E-state index contributed by atoms with van der Waals surface area (Å²) >= 11 is 0. The Bertz CT molecular complexity index is 1130. The molecule has 236 valence electrons. The first-order valence-corrected chi connectivity index (χ1v) is 15.4. The maximum atomic E-state index is 13.2. The number of aliphatic hydroxyl groups is 2. The van der Waals surface area contributed by atoms with Crippen molar-refractivity contribution in [1.82, 2.24) is 20.0 Å². The minimum Gasteiger partial charge on any atom is -0.387 e. The lowest BCUT2D eigenvalue weighted by Gasteiger charge is -2.30. The molecule has 0 heterocycles. The molecule has 0 spiro atoms. The van der Waals surface area contributed by atoms with Crippen LogP contribution in [0.5, 0.6) is 0 Å². The number of aliphatic hydroxyl groups excluding tert-OH is 2. The zero-order valence-electron chi connectivity index (χ0n) is 26.3. The van der Waals surface area contributed by atoms with Crippen molar-refractivity contribution in [2.45, 2.75) is 89.5 Å². The van der Waals surface area contributed by atoms with Crippen molar-refractivity contribution in [3.05, 3.63) is 35.9 Å². The smallest absolute Gasteiger partial charge is 0.296 e. The molecule has 2 rings (SSSR count). The van der Waals surface area contributed by atoms with Crippen LogP contribution in [-0.4, -0.2) is 102 Å². The minimum absolute atomic E-state index is 0.0775. The zero-order chi connectivity index (χ0) is 31.6. The van der Waals surface area contributed by atoms with Crippen LogP contribution in [0.3, 0.4) is 0 Å². The van der Waals surface area contributed by atoms with E-state index in [-0.39, 0.29) is 31.1 Å². The SMILES string of the molecule is CC#C[C@@H](O)[C@@H](O)[C@@H](CC1CCCCC1)NC(=O)C#CCCN(Cc1ccccc1)C(=O)CCC(=O)N(C)CCN(C)C. The first-order valence-electron chi connectivity index (χ1n) is 15.4. The molecular formula is C34H50N4O5. The molecule has 1 aromatic carbocycles. The van der Waals surface area contributed by atoms with Crippen molar-refractivity contribution in [1.29, 1.82) is 0 Å². The maximum Gasteiger partial charge on any atom is 0.296 e. The minimum atomic E-state index is -1.26. The largest absolute Gasteiger partial charge is 0.387 e. The fourth-order valence-corrected chi connectivity index (χ4v) is 5.19. The summed E-state index contributed by atoms with van der Waals surface area (Å²) in [7, 11) is 5.64. The van der Waals surface area contributed by atoms with Crippen LogP contribution in [0, 0.1) is 29.6 Å². The zero-order valence-corrected chi connectivity index (χ0v) is 26.3. The standard InChI is InChI=1S/C34H50N4O5/c1-5-14-30(39)34(43)29(25-27-15-8-6-9-16-27)35-31(40)19-12-13-22-38(26-28-17-10-7-11-18-28)33(42)21-20-32(41)37(4)24-23-36(2)3/h7,10-11,17-18,27,29-30,34,39,43H,6,8-9,13,15-16,20-26H2,1-4H3,(H,35,40)/t29-,30-,34+/m1/s1. The van der Waals surface area contributed by atoms with E-state index in [0.717, 1.165) is 37.8 Å². The predicted molar refractivity (Wildman–Crippen MR) is 168 cm³/mol. The van der Waals surface area contributed by atoms with Gasteiger partial charge in [0.25, 0.3) is 5.91 Å². The fourth-order valence-electron chi connectivity index (χ4n) is 5.19. The third kappa shape index (κ3) is 14.1. The van der Waals surface area contributed by atoms with E-state index >= 15 is 0 Å². The van der Waals surface area contributed by atoms with Crippen LogP contribution in [0.1, 0.15) is 70.3 Å². The molecule has 0 aliphatic heterocycles. The highest BCUT2D eigenvalue weighted by molar-refractivity contribution is 5.93. The molecule has 0 unspecified atom stereocenters. The third-order valence-electron chi connectivity index (χ3n) is 7.80. The van der Waals surface area contributed by atoms with Gasteiger partial charge in [-0.05, 0) is 44.8 Å². The monoisotopic (exact) mass is 594 g/mol. The third-order valence-corrected chi connectivity index (χ3v) is 7.80. The van der Waals surface area contributed by atoms with Gasteiger partial charge in [0, 0.05) is 52.5 Å². The molecule has 0 saturated heterocycles. The molecule has 9 heteroatoms. The lowest BCUT2D eigenvalue weighted by molar-refractivity contribution is -0.136. The van der Waals surface area contributed by atoms with Crippen LogP contribution in [0.4, 0.5) is 0 Å². The molecule has 3 atom stereocenters. The Kier molecular flexibility index (Phi) is 16.5. The molecule has 1 aliphatic rings. The van der Waals surface area contributed by atoms with E-state index in [1.54, 1.807) is 23.8 Å². The van der Waals surface area contributed by atoms with Crippen LogP contribution in [-0.2, 0) is 20.9 Å². The summed E-state index contributed by atoms with van der Waals surface area (Å²) in [5, 5.41) is 23.8. The number of carbonyl (C=O) groups is 3. The molecule has 0 radical (unpaired) electrons. The second-order valence-electron chi connectivity index (χ2n) is 11.6. The highest BCUT2D eigenvalue weighted by atomic mass is 16.3. The van der Waals surface area contributed by atoms with Crippen LogP contribution < -0.4 is 5.32 Å².